The van der Waals surface area contributed by atoms with E-state index in [2.05, 4.69) is 25.4 Å². The van der Waals surface area contributed by atoms with E-state index in [0.717, 1.165) is 38.2 Å². The van der Waals surface area contributed by atoms with E-state index in [1.54, 1.807) is 17.1 Å². The molecule has 0 aliphatic carbocycles. The number of nitrogens with zero attached hydrogens (tertiary/aromatic N) is 3. The number of ether oxygens (including phenoxy) is 1. The zero-order valence-corrected chi connectivity index (χ0v) is 16.2. The number of thiazole rings is 1. The first-order chi connectivity index (χ1) is 13.0. The lowest BCUT2D eigenvalue weighted by Crippen LogP contribution is -2.69. The number of aliphatic hydroxyl groups excluding tert-OH is 1. The van der Waals surface area contributed by atoms with Crippen LogP contribution in [0.3, 0.4) is 0 Å². The molecular weight excluding hydrogens is 366 g/mol. The molecule has 2 aromatic rings. The molecule has 0 aromatic carbocycles. The van der Waals surface area contributed by atoms with E-state index in [9.17, 15) is 9.90 Å². The first kappa shape index (κ1) is 18.5. The lowest BCUT2D eigenvalue weighted by molar-refractivity contribution is -0.206. The predicted molar refractivity (Wildman–Crippen MR) is 100 cm³/mol. The molecule has 1 spiro atoms. The summed E-state index contributed by atoms with van der Waals surface area (Å²) in [4.78, 5) is 18.9. The molecule has 2 aliphatic heterocycles. The lowest BCUT2D eigenvalue weighted by atomic mass is 9.73. The minimum absolute atomic E-state index is 0.244. The van der Waals surface area contributed by atoms with Crippen LogP contribution in [0.1, 0.15) is 42.4 Å². The average molecular weight is 391 g/mol. The summed E-state index contributed by atoms with van der Waals surface area (Å²) in [5.74, 6) is -0.244. The van der Waals surface area contributed by atoms with Crippen molar-refractivity contribution in [2.75, 3.05) is 19.7 Å². The van der Waals surface area contributed by atoms with Gasteiger partial charge in [0, 0.05) is 43.5 Å². The molecule has 0 radical (unpaired) electrons. The molecule has 0 bridgehead atoms. The number of nitrogens with one attached hydrogen (secondary N) is 2. The molecule has 1 amide bonds. The summed E-state index contributed by atoms with van der Waals surface area (Å²) >= 11 is 1.38. The molecule has 2 aliphatic rings. The number of likely N-dealkylation sites (tertiary alicyclic amines) is 1. The SMILES string of the molecule is C[C@]1(NC(=O)c2cscn2)CCOC2(CCN(Cc3ccn[nH]3)CC2)[C@@H]1O. The van der Waals surface area contributed by atoms with Crippen LogP contribution >= 0.6 is 11.3 Å². The highest BCUT2D eigenvalue weighted by Crippen LogP contribution is 2.40. The predicted octanol–water partition coefficient (Wildman–Crippen LogP) is 1.17. The van der Waals surface area contributed by atoms with Crippen molar-refractivity contribution in [3.8, 4) is 0 Å². The van der Waals surface area contributed by atoms with Crippen molar-refractivity contribution < 1.29 is 14.6 Å². The Morgan fingerprint density at radius 3 is 2.96 bits per heavy atom. The molecule has 8 nitrogen and oxygen atoms in total. The third-order valence-corrected chi connectivity index (χ3v) is 6.42. The average Bonchev–Trinajstić information content (AvgIpc) is 3.36. The maximum Gasteiger partial charge on any atom is 0.271 e. The number of hydrogen-bond acceptors (Lipinski definition) is 7. The Hall–Kier alpha value is -1.81. The Morgan fingerprint density at radius 1 is 1.48 bits per heavy atom. The van der Waals surface area contributed by atoms with Crippen LogP contribution < -0.4 is 5.32 Å². The van der Waals surface area contributed by atoms with Gasteiger partial charge in [0.2, 0.25) is 0 Å². The van der Waals surface area contributed by atoms with Crippen molar-refractivity contribution in [1.29, 1.82) is 0 Å². The van der Waals surface area contributed by atoms with Crippen molar-refractivity contribution in [2.24, 2.45) is 0 Å². The van der Waals surface area contributed by atoms with Gasteiger partial charge in [-0.05, 0) is 32.3 Å². The van der Waals surface area contributed by atoms with Gasteiger partial charge in [0.1, 0.15) is 11.8 Å². The number of rotatable bonds is 4. The van der Waals surface area contributed by atoms with Crippen LogP contribution in [0.4, 0.5) is 0 Å². The molecule has 2 fully saturated rings. The van der Waals surface area contributed by atoms with Gasteiger partial charge < -0.3 is 15.2 Å². The molecule has 146 valence electrons. The Bertz CT molecular complexity index is 758. The Kier molecular flexibility index (Phi) is 5.02. The van der Waals surface area contributed by atoms with Crippen molar-refractivity contribution in [1.82, 2.24) is 25.4 Å². The van der Waals surface area contributed by atoms with Crippen LogP contribution in [0.15, 0.2) is 23.2 Å². The Balaban J connectivity index is 1.42. The molecule has 2 aromatic heterocycles. The third kappa shape index (κ3) is 3.64. The number of piperidine rings is 1. The van der Waals surface area contributed by atoms with Crippen LogP contribution in [0.5, 0.6) is 0 Å². The Morgan fingerprint density at radius 2 is 2.30 bits per heavy atom. The molecule has 0 unspecified atom stereocenters. The number of carbonyl (C=O) groups is 1. The monoisotopic (exact) mass is 391 g/mol. The van der Waals surface area contributed by atoms with Crippen LogP contribution in [-0.4, -0.2) is 68.0 Å². The first-order valence-corrected chi connectivity index (χ1v) is 10.2. The van der Waals surface area contributed by atoms with Gasteiger partial charge in [-0.15, -0.1) is 11.3 Å². The molecule has 4 heterocycles. The number of amides is 1. The minimum Gasteiger partial charge on any atom is -0.388 e. The summed E-state index contributed by atoms with van der Waals surface area (Å²) in [5.41, 5.74) is 1.76. The topological polar surface area (TPSA) is 103 Å². The number of aliphatic hydroxyl groups is 1. The molecule has 27 heavy (non-hydrogen) atoms. The highest BCUT2D eigenvalue weighted by Gasteiger charge is 2.53. The second kappa shape index (κ2) is 7.31. The zero-order valence-electron chi connectivity index (χ0n) is 15.4. The van der Waals surface area contributed by atoms with Gasteiger partial charge in [-0.25, -0.2) is 4.98 Å². The molecule has 2 atom stereocenters. The minimum atomic E-state index is -0.768. The van der Waals surface area contributed by atoms with E-state index in [0.29, 0.717) is 18.7 Å². The van der Waals surface area contributed by atoms with Crippen molar-refractivity contribution in [3.63, 3.8) is 0 Å². The maximum atomic E-state index is 12.5. The quantitative estimate of drug-likeness (QED) is 0.723. The number of aromatic amines is 1. The summed E-state index contributed by atoms with van der Waals surface area (Å²) in [7, 11) is 0. The highest BCUT2D eigenvalue weighted by molar-refractivity contribution is 7.07. The summed E-state index contributed by atoms with van der Waals surface area (Å²) in [6, 6.07) is 1.97. The van der Waals surface area contributed by atoms with Gasteiger partial charge in [0.25, 0.3) is 5.91 Å². The fourth-order valence-corrected chi connectivity index (χ4v) is 4.69. The van der Waals surface area contributed by atoms with Gasteiger partial charge in [-0.3, -0.25) is 14.8 Å². The maximum absolute atomic E-state index is 12.5. The fraction of sp³-hybridized carbons (Fsp3) is 0.611. The van der Waals surface area contributed by atoms with E-state index in [-0.39, 0.29) is 5.91 Å². The van der Waals surface area contributed by atoms with Crippen LogP contribution in [-0.2, 0) is 11.3 Å². The second-order valence-electron chi connectivity index (χ2n) is 7.67. The van der Waals surface area contributed by atoms with Gasteiger partial charge in [0.15, 0.2) is 0 Å². The zero-order chi connectivity index (χ0) is 18.9. The number of H-pyrrole nitrogens is 1. The number of carbonyl (C=O) groups excluding carboxylic acids is 1. The summed E-state index contributed by atoms with van der Waals surface area (Å²) in [6.07, 6.45) is 3.01. The van der Waals surface area contributed by atoms with Crippen molar-refractivity contribution in [2.45, 2.75) is 50.0 Å². The van der Waals surface area contributed by atoms with Gasteiger partial charge >= 0.3 is 0 Å². The standard InChI is InChI=1S/C18H25N5O3S/c1-17(21-15(24)14-11-27-12-19-14)5-9-26-18(16(17)25)3-7-23(8-4-18)10-13-2-6-20-22-13/h2,6,11-12,16,25H,3-5,7-10H2,1H3,(H,20,22)(H,21,24)/t16-,17+/m1/s1. The third-order valence-electron chi connectivity index (χ3n) is 5.83. The number of aromatic nitrogens is 3. The lowest BCUT2D eigenvalue weighted by Gasteiger charge is -2.53. The molecule has 0 saturated carbocycles. The van der Waals surface area contributed by atoms with Crippen LogP contribution in [0, 0.1) is 0 Å². The molecular formula is C18H25N5O3S. The van der Waals surface area contributed by atoms with E-state index in [1.807, 2.05) is 13.0 Å². The second-order valence-corrected chi connectivity index (χ2v) is 8.39. The van der Waals surface area contributed by atoms with Gasteiger partial charge in [-0.1, -0.05) is 0 Å². The first-order valence-electron chi connectivity index (χ1n) is 9.24. The van der Waals surface area contributed by atoms with E-state index >= 15 is 0 Å². The molecule has 3 N–H and O–H groups in total. The highest BCUT2D eigenvalue weighted by atomic mass is 32.1. The van der Waals surface area contributed by atoms with E-state index in [4.69, 9.17) is 4.74 Å². The largest absolute Gasteiger partial charge is 0.388 e. The smallest absolute Gasteiger partial charge is 0.271 e. The van der Waals surface area contributed by atoms with Crippen LogP contribution in [0.25, 0.3) is 0 Å². The number of hydrogen-bond donors (Lipinski definition) is 3. The molecule has 9 heteroatoms. The Labute approximate surface area is 161 Å². The van der Waals surface area contributed by atoms with Crippen molar-refractivity contribution >= 4 is 17.2 Å². The summed E-state index contributed by atoms with van der Waals surface area (Å²) in [5, 5.41) is 22.9. The fourth-order valence-electron chi connectivity index (χ4n) is 4.16. The van der Waals surface area contributed by atoms with Gasteiger partial charge in [-0.2, -0.15) is 5.10 Å². The van der Waals surface area contributed by atoms with Gasteiger partial charge in [0.05, 0.1) is 16.7 Å². The van der Waals surface area contributed by atoms with Crippen LogP contribution in [0.2, 0.25) is 0 Å². The molecule has 2 saturated heterocycles. The molecule has 4 rings (SSSR count). The normalized spacial score (nSPS) is 28.3. The summed E-state index contributed by atoms with van der Waals surface area (Å²) in [6.45, 7) is 4.89. The summed E-state index contributed by atoms with van der Waals surface area (Å²) < 4.78 is 6.11. The van der Waals surface area contributed by atoms with Crippen molar-refractivity contribution in [3.05, 3.63) is 34.5 Å². The van der Waals surface area contributed by atoms with E-state index in [1.165, 1.54) is 11.3 Å². The van der Waals surface area contributed by atoms with E-state index < -0.39 is 17.2 Å².